The van der Waals surface area contributed by atoms with Crippen LogP contribution in [-0.2, 0) is 11.2 Å². The molecule has 0 spiro atoms. The first-order valence-corrected chi connectivity index (χ1v) is 7.73. The number of nitrogens with one attached hydrogen (secondary N) is 1. The molecular formula is C17H27NO. The van der Waals surface area contributed by atoms with E-state index in [1.807, 2.05) is 0 Å². The van der Waals surface area contributed by atoms with Crippen LogP contribution in [0.3, 0.4) is 0 Å². The number of aryl methyl sites for hydroxylation is 1. The predicted molar refractivity (Wildman–Crippen MR) is 80.4 cm³/mol. The van der Waals surface area contributed by atoms with Gasteiger partial charge in [0.2, 0.25) is 0 Å². The Bertz CT molecular complexity index is 356. The normalized spacial score (nSPS) is 16.5. The largest absolute Gasteiger partial charge is 0.379 e. The predicted octanol–water partition coefficient (Wildman–Crippen LogP) is 3.72. The molecule has 2 heteroatoms. The smallest absolute Gasteiger partial charge is 0.0661 e. The molecule has 0 aliphatic heterocycles. The Balaban J connectivity index is 1.81. The average Bonchev–Trinajstić information content (AvgIpc) is 3.26. The van der Waals surface area contributed by atoms with E-state index >= 15 is 0 Å². The first-order chi connectivity index (χ1) is 9.33. The van der Waals surface area contributed by atoms with Gasteiger partial charge >= 0.3 is 0 Å². The second kappa shape index (κ2) is 7.66. The number of likely N-dealkylation sites (N-methyl/N-ethyl adjacent to an activating group) is 1. The summed E-state index contributed by atoms with van der Waals surface area (Å²) in [5.74, 6) is 0.960. The number of benzene rings is 1. The molecule has 0 bridgehead atoms. The minimum absolute atomic E-state index is 0.329. The van der Waals surface area contributed by atoms with Crippen molar-refractivity contribution >= 4 is 0 Å². The maximum absolute atomic E-state index is 5.85. The van der Waals surface area contributed by atoms with Gasteiger partial charge < -0.3 is 10.1 Å². The zero-order valence-corrected chi connectivity index (χ0v) is 12.3. The van der Waals surface area contributed by atoms with Crippen molar-refractivity contribution < 1.29 is 4.74 Å². The molecule has 1 fully saturated rings. The highest BCUT2D eigenvalue weighted by molar-refractivity contribution is 5.25. The zero-order valence-electron chi connectivity index (χ0n) is 12.3. The summed E-state index contributed by atoms with van der Waals surface area (Å²) < 4.78 is 5.85. The molecule has 19 heavy (non-hydrogen) atoms. The van der Waals surface area contributed by atoms with E-state index in [0.29, 0.717) is 6.04 Å². The monoisotopic (exact) mass is 261 g/mol. The fourth-order valence-corrected chi connectivity index (χ4v) is 2.36. The van der Waals surface area contributed by atoms with E-state index in [2.05, 4.69) is 43.4 Å². The van der Waals surface area contributed by atoms with Gasteiger partial charge in [0, 0.05) is 6.61 Å². The summed E-state index contributed by atoms with van der Waals surface area (Å²) in [6.45, 7) is 7.02. The molecule has 1 unspecified atom stereocenters. The van der Waals surface area contributed by atoms with Crippen molar-refractivity contribution in [1.82, 2.24) is 5.32 Å². The molecule has 2 nitrogen and oxygen atoms in total. The van der Waals surface area contributed by atoms with Crippen molar-refractivity contribution in [2.45, 2.75) is 45.6 Å². The zero-order chi connectivity index (χ0) is 13.5. The van der Waals surface area contributed by atoms with Gasteiger partial charge in [-0.1, -0.05) is 51.0 Å². The van der Waals surface area contributed by atoms with E-state index in [1.165, 1.54) is 30.4 Å². The topological polar surface area (TPSA) is 21.3 Å². The van der Waals surface area contributed by atoms with E-state index in [-0.39, 0.29) is 0 Å². The van der Waals surface area contributed by atoms with Crippen LogP contribution in [0.1, 0.15) is 50.3 Å². The Kier molecular flexibility index (Phi) is 5.87. The van der Waals surface area contributed by atoms with E-state index in [9.17, 15) is 0 Å². The van der Waals surface area contributed by atoms with Gasteiger partial charge in [-0.15, -0.1) is 0 Å². The molecule has 2 rings (SSSR count). The second-order valence-corrected chi connectivity index (χ2v) is 5.51. The minimum atomic E-state index is 0.329. The maximum Gasteiger partial charge on any atom is 0.0661 e. The van der Waals surface area contributed by atoms with Crippen LogP contribution < -0.4 is 5.32 Å². The molecule has 1 saturated carbocycles. The van der Waals surface area contributed by atoms with Crippen LogP contribution in [0, 0.1) is 5.92 Å². The van der Waals surface area contributed by atoms with Crippen LogP contribution in [0.4, 0.5) is 0 Å². The van der Waals surface area contributed by atoms with Crippen molar-refractivity contribution in [3.8, 4) is 0 Å². The standard InChI is InChI=1S/C17H27NO/c1-3-14-7-9-16(10-8-14)17(18-4-2)13-19-12-11-15-5-6-15/h7-10,15,17-18H,3-6,11-13H2,1-2H3. The lowest BCUT2D eigenvalue weighted by Crippen LogP contribution is -2.25. The van der Waals surface area contributed by atoms with Gasteiger partial charge in [-0.05, 0) is 36.4 Å². The van der Waals surface area contributed by atoms with Gasteiger partial charge in [0.1, 0.15) is 0 Å². The molecule has 1 atom stereocenters. The molecule has 1 aliphatic rings. The third kappa shape index (κ3) is 4.96. The molecule has 1 aromatic carbocycles. The van der Waals surface area contributed by atoms with Crippen LogP contribution >= 0.6 is 0 Å². The summed E-state index contributed by atoms with van der Waals surface area (Å²) in [5, 5.41) is 3.52. The average molecular weight is 261 g/mol. The van der Waals surface area contributed by atoms with Crippen molar-refractivity contribution in [2.75, 3.05) is 19.8 Å². The third-order valence-corrected chi connectivity index (χ3v) is 3.89. The first kappa shape index (κ1) is 14.5. The molecule has 0 heterocycles. The van der Waals surface area contributed by atoms with Crippen molar-refractivity contribution in [3.05, 3.63) is 35.4 Å². The number of hydrogen-bond donors (Lipinski definition) is 1. The number of hydrogen-bond acceptors (Lipinski definition) is 2. The maximum atomic E-state index is 5.85. The van der Waals surface area contributed by atoms with Crippen LogP contribution in [0.5, 0.6) is 0 Å². The molecule has 106 valence electrons. The highest BCUT2D eigenvalue weighted by Gasteiger charge is 2.20. The van der Waals surface area contributed by atoms with Gasteiger partial charge in [-0.3, -0.25) is 0 Å². The summed E-state index contributed by atoms with van der Waals surface area (Å²) in [6.07, 6.45) is 5.18. The fraction of sp³-hybridized carbons (Fsp3) is 0.647. The fourth-order valence-electron chi connectivity index (χ4n) is 2.36. The molecule has 1 aromatic rings. The van der Waals surface area contributed by atoms with Crippen LogP contribution in [0.2, 0.25) is 0 Å². The Morgan fingerprint density at radius 3 is 2.53 bits per heavy atom. The SMILES string of the molecule is CCNC(COCCC1CC1)c1ccc(CC)cc1. The van der Waals surface area contributed by atoms with Crippen LogP contribution in [0.25, 0.3) is 0 Å². The van der Waals surface area contributed by atoms with Crippen molar-refractivity contribution in [3.63, 3.8) is 0 Å². The molecule has 1 N–H and O–H groups in total. The second-order valence-electron chi connectivity index (χ2n) is 5.51. The minimum Gasteiger partial charge on any atom is -0.379 e. The first-order valence-electron chi connectivity index (χ1n) is 7.73. The highest BCUT2D eigenvalue weighted by Crippen LogP contribution is 2.32. The van der Waals surface area contributed by atoms with Gasteiger partial charge in [0.25, 0.3) is 0 Å². The lowest BCUT2D eigenvalue weighted by molar-refractivity contribution is 0.107. The van der Waals surface area contributed by atoms with Gasteiger partial charge in [0.15, 0.2) is 0 Å². The molecule has 0 radical (unpaired) electrons. The van der Waals surface area contributed by atoms with E-state index in [0.717, 1.165) is 32.1 Å². The molecule has 0 amide bonds. The van der Waals surface area contributed by atoms with Gasteiger partial charge in [-0.2, -0.15) is 0 Å². The number of ether oxygens (including phenoxy) is 1. The highest BCUT2D eigenvalue weighted by atomic mass is 16.5. The quantitative estimate of drug-likeness (QED) is 0.684. The lowest BCUT2D eigenvalue weighted by Gasteiger charge is -2.19. The molecular weight excluding hydrogens is 234 g/mol. The Labute approximate surface area is 117 Å². The summed E-state index contributed by atoms with van der Waals surface area (Å²) >= 11 is 0. The van der Waals surface area contributed by atoms with Gasteiger partial charge in [-0.25, -0.2) is 0 Å². The summed E-state index contributed by atoms with van der Waals surface area (Å²) in [6, 6.07) is 9.25. The number of rotatable bonds is 9. The van der Waals surface area contributed by atoms with Crippen LogP contribution in [-0.4, -0.2) is 19.8 Å². The molecule has 1 aliphatic carbocycles. The van der Waals surface area contributed by atoms with Crippen molar-refractivity contribution in [2.24, 2.45) is 5.92 Å². The summed E-state index contributed by atoms with van der Waals surface area (Å²) in [5.41, 5.74) is 2.74. The third-order valence-electron chi connectivity index (χ3n) is 3.89. The summed E-state index contributed by atoms with van der Waals surface area (Å²) in [4.78, 5) is 0. The molecule has 0 saturated heterocycles. The van der Waals surface area contributed by atoms with E-state index in [4.69, 9.17) is 4.74 Å². The van der Waals surface area contributed by atoms with E-state index in [1.54, 1.807) is 0 Å². The van der Waals surface area contributed by atoms with Crippen molar-refractivity contribution in [1.29, 1.82) is 0 Å². The molecule has 0 aromatic heterocycles. The van der Waals surface area contributed by atoms with E-state index < -0.39 is 0 Å². The Morgan fingerprint density at radius 2 is 1.95 bits per heavy atom. The van der Waals surface area contributed by atoms with Gasteiger partial charge in [0.05, 0.1) is 12.6 Å². The Hall–Kier alpha value is -0.860. The van der Waals surface area contributed by atoms with Crippen LogP contribution in [0.15, 0.2) is 24.3 Å². The Morgan fingerprint density at radius 1 is 1.21 bits per heavy atom. The summed E-state index contributed by atoms with van der Waals surface area (Å²) in [7, 11) is 0. The lowest BCUT2D eigenvalue weighted by atomic mass is 10.0.